The van der Waals surface area contributed by atoms with Crippen LogP contribution >= 0.6 is 11.3 Å². The molecule has 0 aliphatic heterocycles. The van der Waals surface area contributed by atoms with E-state index >= 15 is 0 Å². The van der Waals surface area contributed by atoms with E-state index in [1.165, 1.54) is 11.3 Å². The van der Waals surface area contributed by atoms with E-state index in [9.17, 15) is 4.79 Å². The third kappa shape index (κ3) is 4.49. The number of carbonyl (C=O) groups is 1. The van der Waals surface area contributed by atoms with Crippen molar-refractivity contribution >= 4 is 22.9 Å². The van der Waals surface area contributed by atoms with Crippen molar-refractivity contribution < 1.29 is 14.3 Å². The van der Waals surface area contributed by atoms with Gasteiger partial charge < -0.3 is 14.8 Å². The van der Waals surface area contributed by atoms with Crippen LogP contribution in [0.3, 0.4) is 0 Å². The highest BCUT2D eigenvalue weighted by Gasteiger charge is 2.15. The largest absolute Gasteiger partial charge is 0.497 e. The van der Waals surface area contributed by atoms with Crippen molar-refractivity contribution in [2.24, 2.45) is 0 Å². The molecule has 1 N–H and O–H groups in total. The lowest BCUT2D eigenvalue weighted by atomic mass is 10.1. The van der Waals surface area contributed by atoms with E-state index in [1.54, 1.807) is 7.11 Å². The predicted molar refractivity (Wildman–Crippen MR) is 111 cm³/mol. The Balaban J connectivity index is 1.80. The molecule has 1 amide bonds. The minimum absolute atomic E-state index is 0.129. The lowest BCUT2D eigenvalue weighted by molar-refractivity contribution is 0.103. The molecule has 0 saturated carbocycles. The maximum absolute atomic E-state index is 12.8. The van der Waals surface area contributed by atoms with E-state index in [4.69, 9.17) is 9.47 Å². The Morgan fingerprint density at radius 2 is 1.85 bits per heavy atom. The van der Waals surface area contributed by atoms with Gasteiger partial charge in [-0.3, -0.25) is 4.79 Å². The summed E-state index contributed by atoms with van der Waals surface area (Å²) in [5.74, 6) is 1.38. The number of para-hydroxylation sites is 2. The van der Waals surface area contributed by atoms with Crippen molar-refractivity contribution in [3.05, 3.63) is 64.4 Å². The molecule has 27 heavy (non-hydrogen) atoms. The molecule has 0 radical (unpaired) electrons. The molecule has 0 aliphatic carbocycles. The molecule has 0 atom stereocenters. The molecule has 5 heteroatoms. The topological polar surface area (TPSA) is 47.6 Å². The van der Waals surface area contributed by atoms with Crippen molar-refractivity contribution in [2.45, 2.75) is 20.3 Å². The van der Waals surface area contributed by atoms with Crippen LogP contribution in [-0.2, 0) is 0 Å². The number of anilines is 1. The fraction of sp³-hybridized carbons (Fsp3) is 0.227. The summed E-state index contributed by atoms with van der Waals surface area (Å²) in [6.45, 7) is 4.70. The number of benzene rings is 2. The first kappa shape index (κ1) is 19.0. The molecule has 0 bridgehead atoms. The smallest absolute Gasteiger partial charge is 0.265 e. The average Bonchev–Trinajstić information content (AvgIpc) is 3.09. The molecule has 3 rings (SSSR count). The standard InChI is InChI=1S/C22H23NO3S/c1-4-13-26-20-8-6-5-7-19(20)23-22(24)21-14-18(15(2)27-21)16-9-11-17(25-3)12-10-16/h5-12,14H,4,13H2,1-3H3,(H,23,24). The number of thiophene rings is 1. The van der Waals surface area contributed by atoms with Gasteiger partial charge in [0.15, 0.2) is 0 Å². The molecule has 1 heterocycles. The minimum atomic E-state index is -0.129. The molecular formula is C22H23NO3S. The van der Waals surface area contributed by atoms with Gasteiger partial charge in [0.05, 0.1) is 24.3 Å². The second-order valence-corrected chi connectivity index (χ2v) is 7.36. The summed E-state index contributed by atoms with van der Waals surface area (Å²) in [6.07, 6.45) is 0.914. The summed E-state index contributed by atoms with van der Waals surface area (Å²) in [5, 5.41) is 2.97. The molecule has 2 aromatic carbocycles. The highest BCUT2D eigenvalue weighted by atomic mass is 32.1. The number of ether oxygens (including phenoxy) is 2. The first-order valence-corrected chi connectivity index (χ1v) is 9.72. The van der Waals surface area contributed by atoms with E-state index < -0.39 is 0 Å². The van der Waals surface area contributed by atoms with Gasteiger partial charge in [-0.2, -0.15) is 0 Å². The molecule has 4 nitrogen and oxygen atoms in total. The van der Waals surface area contributed by atoms with Crippen molar-refractivity contribution in [1.82, 2.24) is 0 Å². The first-order chi connectivity index (χ1) is 13.1. The first-order valence-electron chi connectivity index (χ1n) is 8.90. The summed E-state index contributed by atoms with van der Waals surface area (Å²) in [5.41, 5.74) is 2.81. The number of nitrogens with one attached hydrogen (secondary N) is 1. The van der Waals surface area contributed by atoms with E-state index in [2.05, 4.69) is 12.2 Å². The van der Waals surface area contributed by atoms with Crippen LogP contribution in [0.15, 0.2) is 54.6 Å². The van der Waals surface area contributed by atoms with Crippen molar-refractivity contribution in [3.63, 3.8) is 0 Å². The van der Waals surface area contributed by atoms with E-state index in [0.29, 0.717) is 22.9 Å². The van der Waals surface area contributed by atoms with Gasteiger partial charge >= 0.3 is 0 Å². The Bertz CT molecular complexity index is 916. The van der Waals surface area contributed by atoms with Gasteiger partial charge in [-0.25, -0.2) is 0 Å². The lowest BCUT2D eigenvalue weighted by Crippen LogP contribution is -2.11. The van der Waals surface area contributed by atoms with Gasteiger partial charge in [0.25, 0.3) is 5.91 Å². The van der Waals surface area contributed by atoms with Crippen LogP contribution in [0.1, 0.15) is 27.9 Å². The van der Waals surface area contributed by atoms with Gasteiger partial charge in [0.2, 0.25) is 0 Å². The predicted octanol–water partition coefficient (Wildman–Crippen LogP) is 5.77. The van der Waals surface area contributed by atoms with Gasteiger partial charge in [-0.05, 0) is 54.8 Å². The molecule has 0 spiro atoms. The molecule has 1 aromatic heterocycles. The molecule has 0 saturated heterocycles. The highest BCUT2D eigenvalue weighted by Crippen LogP contribution is 2.33. The maximum Gasteiger partial charge on any atom is 0.265 e. The minimum Gasteiger partial charge on any atom is -0.497 e. The summed E-state index contributed by atoms with van der Waals surface area (Å²) in [4.78, 5) is 14.5. The Labute approximate surface area is 163 Å². The quantitative estimate of drug-likeness (QED) is 0.565. The van der Waals surface area contributed by atoms with Crippen LogP contribution in [0.4, 0.5) is 5.69 Å². The Hall–Kier alpha value is -2.79. The lowest BCUT2D eigenvalue weighted by Gasteiger charge is -2.11. The zero-order valence-corrected chi connectivity index (χ0v) is 16.6. The highest BCUT2D eigenvalue weighted by molar-refractivity contribution is 7.14. The van der Waals surface area contributed by atoms with E-state index in [-0.39, 0.29) is 5.91 Å². The molecule has 3 aromatic rings. The van der Waals surface area contributed by atoms with Crippen LogP contribution in [0.25, 0.3) is 11.1 Å². The Kier molecular flexibility index (Phi) is 6.14. The number of methoxy groups -OCH3 is 1. The van der Waals surface area contributed by atoms with Crippen LogP contribution in [-0.4, -0.2) is 19.6 Å². The second-order valence-electron chi connectivity index (χ2n) is 6.11. The average molecular weight is 381 g/mol. The zero-order valence-electron chi connectivity index (χ0n) is 15.7. The van der Waals surface area contributed by atoms with Crippen LogP contribution < -0.4 is 14.8 Å². The number of hydrogen-bond acceptors (Lipinski definition) is 4. The normalized spacial score (nSPS) is 10.5. The van der Waals surface area contributed by atoms with E-state index in [0.717, 1.165) is 28.2 Å². The molecule has 0 aliphatic rings. The third-order valence-electron chi connectivity index (χ3n) is 4.14. The van der Waals surface area contributed by atoms with E-state index in [1.807, 2.05) is 61.5 Å². The molecule has 0 unspecified atom stereocenters. The summed E-state index contributed by atoms with van der Waals surface area (Å²) < 4.78 is 10.9. The summed E-state index contributed by atoms with van der Waals surface area (Å²) in [7, 11) is 1.65. The summed E-state index contributed by atoms with van der Waals surface area (Å²) in [6, 6.07) is 17.3. The second kappa shape index (κ2) is 8.73. The number of hydrogen-bond donors (Lipinski definition) is 1. The van der Waals surface area contributed by atoms with Gasteiger partial charge in [-0.15, -0.1) is 11.3 Å². The zero-order chi connectivity index (χ0) is 19.2. The fourth-order valence-electron chi connectivity index (χ4n) is 2.74. The maximum atomic E-state index is 12.8. The van der Waals surface area contributed by atoms with Crippen molar-refractivity contribution in [3.8, 4) is 22.6 Å². The Morgan fingerprint density at radius 3 is 2.56 bits per heavy atom. The molecular weight excluding hydrogens is 358 g/mol. The fourth-order valence-corrected chi connectivity index (χ4v) is 3.68. The van der Waals surface area contributed by atoms with Crippen LogP contribution in [0.2, 0.25) is 0 Å². The van der Waals surface area contributed by atoms with Crippen LogP contribution in [0.5, 0.6) is 11.5 Å². The van der Waals surface area contributed by atoms with Gasteiger partial charge in [-0.1, -0.05) is 31.2 Å². The summed E-state index contributed by atoms with van der Waals surface area (Å²) >= 11 is 1.49. The van der Waals surface area contributed by atoms with Crippen LogP contribution in [0, 0.1) is 6.92 Å². The molecule has 0 fully saturated rings. The van der Waals surface area contributed by atoms with Crippen molar-refractivity contribution in [1.29, 1.82) is 0 Å². The monoisotopic (exact) mass is 381 g/mol. The van der Waals surface area contributed by atoms with Crippen molar-refractivity contribution in [2.75, 3.05) is 19.0 Å². The SMILES string of the molecule is CCCOc1ccccc1NC(=O)c1cc(-c2ccc(OC)cc2)c(C)s1. The Morgan fingerprint density at radius 1 is 1.11 bits per heavy atom. The number of aryl methyl sites for hydroxylation is 1. The van der Waals surface area contributed by atoms with Gasteiger partial charge in [0, 0.05) is 4.88 Å². The third-order valence-corrected chi connectivity index (χ3v) is 5.19. The number of amides is 1. The number of rotatable bonds is 7. The molecule has 140 valence electrons. The van der Waals surface area contributed by atoms with Gasteiger partial charge in [0.1, 0.15) is 11.5 Å². The number of carbonyl (C=O) groups excluding carboxylic acids is 1.